The average molecular weight is 931 g/mol. The highest BCUT2D eigenvalue weighted by Crippen LogP contribution is 2.48. The Morgan fingerprint density at radius 3 is 1.26 bits per heavy atom. The van der Waals surface area contributed by atoms with E-state index in [-0.39, 0.29) is 0 Å². The largest absolute Gasteiger partial charge is 0.633 e. The third kappa shape index (κ3) is 5.22. The first-order chi connectivity index (χ1) is 36.2. The van der Waals surface area contributed by atoms with Gasteiger partial charge in [-0.1, -0.05) is 140 Å². The van der Waals surface area contributed by atoms with Gasteiger partial charge >= 0.3 is 7.12 Å². The van der Waals surface area contributed by atoms with Crippen LogP contribution in [-0.4, -0.2) is 25.4 Å². The summed E-state index contributed by atoms with van der Waals surface area (Å²) in [5.41, 5.74) is 19.0. The fourth-order valence-corrected chi connectivity index (χ4v) is 12.9. The quantitative estimate of drug-likeness (QED) is 0.165. The molecule has 73 heavy (non-hydrogen) atoms. The fraction of sp³-hybridized carbons (Fsp3) is 0. The van der Waals surface area contributed by atoms with E-state index >= 15 is 0 Å². The molecule has 11 aromatic carbocycles. The van der Waals surface area contributed by atoms with E-state index in [2.05, 4.69) is 249 Å². The van der Waals surface area contributed by atoms with E-state index in [0.29, 0.717) is 0 Å². The molecule has 0 saturated carbocycles. The molecule has 6 heterocycles. The molecule has 0 radical (unpaired) electrons. The maximum Gasteiger partial charge on any atom is 0.633 e. The molecule has 0 atom stereocenters. The Bertz CT molecular complexity index is 4870. The summed E-state index contributed by atoms with van der Waals surface area (Å²) in [7, 11) is -0.654. The first kappa shape index (κ1) is 39.1. The van der Waals surface area contributed by atoms with Crippen molar-refractivity contribution >= 4 is 99.8 Å². The summed E-state index contributed by atoms with van der Waals surface area (Å²) in [6.07, 6.45) is 0. The van der Waals surface area contributed by atoms with E-state index in [1.807, 2.05) is 6.07 Å². The highest BCUT2D eigenvalue weighted by Gasteiger charge is 2.42. The van der Waals surface area contributed by atoms with E-state index in [1.54, 1.807) is 0 Å². The van der Waals surface area contributed by atoms with Crippen LogP contribution in [0.25, 0.3) is 132 Å². The van der Waals surface area contributed by atoms with Crippen LogP contribution in [0.1, 0.15) is 0 Å². The number of hydrogen-bond donors (Lipinski definition) is 0. The van der Waals surface area contributed by atoms with Crippen molar-refractivity contribution in [1.82, 2.24) is 18.3 Å². The van der Waals surface area contributed by atoms with E-state index in [4.69, 9.17) is 9.31 Å². The molecule has 0 aliphatic carbocycles. The molecular formula is C66H39BN4O2. The van der Waals surface area contributed by atoms with E-state index in [9.17, 15) is 0 Å². The van der Waals surface area contributed by atoms with Crippen molar-refractivity contribution in [3.63, 3.8) is 0 Å². The van der Waals surface area contributed by atoms with Gasteiger partial charge in [-0.3, -0.25) is 0 Å². The summed E-state index contributed by atoms with van der Waals surface area (Å²) in [6.45, 7) is 0. The number of rotatable bonds is 4. The summed E-state index contributed by atoms with van der Waals surface area (Å²) < 4.78 is 23.8. The Hall–Kier alpha value is -9.72. The molecule has 0 amide bonds. The van der Waals surface area contributed by atoms with Crippen LogP contribution in [0.3, 0.4) is 0 Å². The lowest BCUT2D eigenvalue weighted by atomic mass is 9.66. The van der Waals surface area contributed by atoms with Crippen LogP contribution in [-0.2, 0) is 0 Å². The third-order valence-electron chi connectivity index (χ3n) is 15.8. The molecule has 0 spiro atoms. The number of hydrogen-bond acceptors (Lipinski definition) is 2. The molecule has 4 aromatic heterocycles. The van der Waals surface area contributed by atoms with Crippen LogP contribution in [0.5, 0.6) is 11.5 Å². The molecule has 15 aromatic rings. The van der Waals surface area contributed by atoms with Gasteiger partial charge in [-0.05, 0) is 102 Å². The van der Waals surface area contributed by atoms with Crippen LogP contribution in [0.15, 0.2) is 237 Å². The van der Waals surface area contributed by atoms with Crippen molar-refractivity contribution in [2.75, 3.05) is 0 Å². The highest BCUT2D eigenvalue weighted by molar-refractivity contribution is 6.68. The van der Waals surface area contributed by atoms with Gasteiger partial charge in [-0.25, -0.2) is 0 Å². The Kier molecular flexibility index (Phi) is 7.73. The summed E-state index contributed by atoms with van der Waals surface area (Å²) in [5, 5.41) is 9.70. The molecular weight excluding hydrogens is 892 g/mol. The lowest BCUT2D eigenvalue weighted by Gasteiger charge is -2.33. The third-order valence-corrected chi connectivity index (χ3v) is 15.8. The monoisotopic (exact) mass is 930 g/mol. The van der Waals surface area contributed by atoms with Gasteiger partial charge in [-0.15, -0.1) is 0 Å². The first-order valence-electron chi connectivity index (χ1n) is 25.0. The minimum Gasteiger partial charge on any atom is -0.521 e. The molecule has 17 rings (SSSR count). The predicted octanol–water partition coefficient (Wildman–Crippen LogP) is 15.9. The smallest absolute Gasteiger partial charge is 0.521 e. The zero-order valence-corrected chi connectivity index (χ0v) is 39.2. The number of aromatic nitrogens is 4. The molecule has 6 nitrogen and oxygen atoms in total. The molecule has 7 heteroatoms. The standard InChI is InChI=1S/C66H39BN4O2/c1-3-17-40(18-4-1)68-56-28-14-9-24-50(56)62-58(68)35-33-48-44-21-7-12-26-54(44)70(65(48)62)42-31-32-47-53-38-43(37-52-46-23-11-16-30-60(46)72-67(64(52)53)73-61(47)39-42)71-55-27-13-8-22-45(55)49-34-36-59-63(66(49)71)51-25-10-15-29-57(51)69(59)41-19-5-2-6-20-41/h1-39H. The van der Waals surface area contributed by atoms with Crippen LogP contribution >= 0.6 is 0 Å². The normalized spacial score (nSPS) is 12.8. The lowest BCUT2D eigenvalue weighted by molar-refractivity contribution is 0.436. The van der Waals surface area contributed by atoms with Gasteiger partial charge in [0.1, 0.15) is 11.5 Å². The second-order valence-electron chi connectivity index (χ2n) is 19.5. The molecule has 0 bridgehead atoms. The maximum absolute atomic E-state index is 7.15. The lowest BCUT2D eigenvalue weighted by Crippen LogP contribution is -2.49. The molecule has 2 aliphatic rings. The van der Waals surface area contributed by atoms with E-state index < -0.39 is 7.12 Å². The van der Waals surface area contributed by atoms with Crippen molar-refractivity contribution in [3.05, 3.63) is 237 Å². The molecule has 0 unspecified atom stereocenters. The Balaban J connectivity index is 0.942. The number of fused-ring (bicyclic) bond motifs is 18. The van der Waals surface area contributed by atoms with Crippen LogP contribution in [0.2, 0.25) is 0 Å². The molecule has 0 saturated heterocycles. The number of benzene rings is 11. The maximum atomic E-state index is 7.15. The van der Waals surface area contributed by atoms with Crippen LogP contribution < -0.4 is 14.8 Å². The topological polar surface area (TPSA) is 38.2 Å². The van der Waals surface area contributed by atoms with Gasteiger partial charge in [-0.2, -0.15) is 0 Å². The minimum absolute atomic E-state index is 0.654. The van der Waals surface area contributed by atoms with E-state index in [1.165, 1.54) is 70.7 Å². The summed E-state index contributed by atoms with van der Waals surface area (Å²) >= 11 is 0. The predicted molar refractivity (Wildman–Crippen MR) is 301 cm³/mol. The first-order valence-corrected chi connectivity index (χ1v) is 25.0. The average Bonchev–Trinajstić information content (AvgIpc) is 4.19. The molecule has 2 aliphatic heterocycles. The van der Waals surface area contributed by atoms with E-state index in [0.717, 1.165) is 78.5 Å². The minimum atomic E-state index is -0.654. The second kappa shape index (κ2) is 14.4. The summed E-state index contributed by atoms with van der Waals surface area (Å²) in [6, 6.07) is 85.9. The Morgan fingerprint density at radius 1 is 0.260 bits per heavy atom. The summed E-state index contributed by atoms with van der Waals surface area (Å²) in [5.74, 6) is 1.58. The van der Waals surface area contributed by atoms with Gasteiger partial charge in [0.05, 0.1) is 44.1 Å². The van der Waals surface area contributed by atoms with Crippen LogP contribution in [0.4, 0.5) is 0 Å². The summed E-state index contributed by atoms with van der Waals surface area (Å²) in [4.78, 5) is 0. The Morgan fingerprint density at radius 2 is 0.699 bits per heavy atom. The molecule has 0 N–H and O–H groups in total. The van der Waals surface area contributed by atoms with Gasteiger partial charge in [0.2, 0.25) is 0 Å². The molecule has 0 fully saturated rings. The zero-order valence-electron chi connectivity index (χ0n) is 39.2. The van der Waals surface area contributed by atoms with Gasteiger partial charge < -0.3 is 27.6 Å². The van der Waals surface area contributed by atoms with Gasteiger partial charge in [0.15, 0.2) is 0 Å². The van der Waals surface area contributed by atoms with Crippen molar-refractivity contribution in [1.29, 1.82) is 0 Å². The molecule has 338 valence electrons. The van der Waals surface area contributed by atoms with Crippen LogP contribution in [0, 0.1) is 0 Å². The number of para-hydroxylation sites is 7. The van der Waals surface area contributed by atoms with Crippen molar-refractivity contribution < 1.29 is 9.31 Å². The zero-order chi connectivity index (χ0) is 47.5. The highest BCUT2D eigenvalue weighted by atomic mass is 16.6. The number of nitrogens with zero attached hydrogens (tertiary/aromatic N) is 4. The SMILES string of the molecule is c1ccc(-n2c3ccccc3c3c2ccc2c4ccccc4n(-c4ccc5c(c4)OB4Oc6ccccc6-c6cc(-n7c8ccccc8c8ccc9c(c%10ccccc%10n9-c9ccccc9)c87)cc-5c64)c23)cc1. The second-order valence-corrected chi connectivity index (χ2v) is 19.5. The van der Waals surface area contributed by atoms with Gasteiger partial charge in [0.25, 0.3) is 0 Å². The van der Waals surface area contributed by atoms with Gasteiger partial charge in [0, 0.05) is 88.5 Å². The van der Waals surface area contributed by atoms with Crippen molar-refractivity contribution in [2.24, 2.45) is 0 Å². The van der Waals surface area contributed by atoms with Crippen molar-refractivity contribution in [3.8, 4) is 56.5 Å². The van der Waals surface area contributed by atoms with Crippen molar-refractivity contribution in [2.45, 2.75) is 0 Å². The Labute approximate surface area is 418 Å². The fourth-order valence-electron chi connectivity index (χ4n) is 12.9.